The van der Waals surface area contributed by atoms with E-state index in [9.17, 15) is 9.18 Å². The number of nitrogens with one attached hydrogen (secondary N) is 2. The molecule has 1 heterocycles. The average Bonchev–Trinajstić information content (AvgIpc) is 2.52. The molecule has 0 aliphatic carbocycles. The Bertz CT molecular complexity index is 607. The van der Waals surface area contributed by atoms with Gasteiger partial charge in [0.25, 0.3) is 0 Å². The number of carbonyl (C=O) groups excluding carboxylic acids is 1. The number of urea groups is 1. The summed E-state index contributed by atoms with van der Waals surface area (Å²) in [5.74, 6) is 0.137. The number of benzene rings is 1. The molecule has 0 bridgehead atoms. The van der Waals surface area contributed by atoms with Crippen LogP contribution in [0.15, 0.2) is 36.5 Å². The smallest absolute Gasteiger partial charge is 0.315 e. The number of hydrogen-bond acceptors (Lipinski definition) is 4. The van der Waals surface area contributed by atoms with Crippen molar-refractivity contribution in [2.45, 2.75) is 13.1 Å². The van der Waals surface area contributed by atoms with Gasteiger partial charge in [-0.15, -0.1) is 0 Å². The summed E-state index contributed by atoms with van der Waals surface area (Å²) in [7, 11) is 1.49. The number of methoxy groups -OCH3 is 1. The van der Waals surface area contributed by atoms with Crippen molar-refractivity contribution in [1.29, 1.82) is 0 Å². The van der Waals surface area contributed by atoms with Gasteiger partial charge in [-0.3, -0.25) is 0 Å². The predicted octanol–water partition coefficient (Wildman–Crippen LogP) is 1.62. The summed E-state index contributed by atoms with van der Waals surface area (Å²) in [5, 5.41) is 12.8. The summed E-state index contributed by atoms with van der Waals surface area (Å²) in [4.78, 5) is 11.7. The lowest BCUT2D eigenvalue weighted by atomic mass is 10.2. The topological polar surface area (TPSA) is 76.1 Å². The zero-order valence-electron chi connectivity index (χ0n) is 11.5. The Morgan fingerprint density at radius 3 is 2.81 bits per heavy atom. The zero-order chi connectivity index (χ0) is 15.1. The van der Waals surface area contributed by atoms with Crippen LogP contribution in [0.4, 0.5) is 9.18 Å². The Morgan fingerprint density at radius 1 is 1.29 bits per heavy atom. The molecule has 0 radical (unpaired) electrons. The van der Waals surface area contributed by atoms with Crippen molar-refractivity contribution in [3.05, 3.63) is 53.6 Å². The molecule has 0 spiro atoms. The Hall–Kier alpha value is -2.70. The van der Waals surface area contributed by atoms with Crippen LogP contribution in [-0.4, -0.2) is 23.3 Å². The highest BCUT2D eigenvalue weighted by atomic mass is 19.1. The Morgan fingerprint density at radius 2 is 2.10 bits per heavy atom. The fourth-order valence-corrected chi connectivity index (χ4v) is 1.72. The van der Waals surface area contributed by atoms with Crippen molar-refractivity contribution < 1.29 is 13.9 Å². The minimum absolute atomic E-state index is 0.160. The second-order valence-electron chi connectivity index (χ2n) is 4.21. The van der Waals surface area contributed by atoms with Crippen LogP contribution in [0, 0.1) is 5.82 Å². The molecular weight excluding hydrogens is 275 g/mol. The first-order chi connectivity index (χ1) is 10.2. The second kappa shape index (κ2) is 7.18. The van der Waals surface area contributed by atoms with Crippen molar-refractivity contribution >= 4 is 6.03 Å². The van der Waals surface area contributed by atoms with E-state index in [4.69, 9.17) is 4.74 Å². The number of hydrogen-bond donors (Lipinski definition) is 2. The minimum Gasteiger partial charge on any atom is -0.496 e. The molecule has 0 aliphatic rings. The highest BCUT2D eigenvalue weighted by molar-refractivity contribution is 5.73. The van der Waals surface area contributed by atoms with Crippen molar-refractivity contribution in [3.8, 4) is 5.75 Å². The Balaban J connectivity index is 1.85. The number of amides is 2. The van der Waals surface area contributed by atoms with Gasteiger partial charge < -0.3 is 15.4 Å². The Kier molecular flexibility index (Phi) is 5.03. The predicted molar refractivity (Wildman–Crippen MR) is 74.1 cm³/mol. The van der Waals surface area contributed by atoms with E-state index in [-0.39, 0.29) is 24.9 Å². The van der Waals surface area contributed by atoms with Gasteiger partial charge in [0.1, 0.15) is 11.6 Å². The van der Waals surface area contributed by atoms with Crippen molar-refractivity contribution in [3.63, 3.8) is 0 Å². The molecule has 0 fully saturated rings. The van der Waals surface area contributed by atoms with Crippen LogP contribution in [0.25, 0.3) is 0 Å². The zero-order valence-corrected chi connectivity index (χ0v) is 11.5. The summed E-state index contributed by atoms with van der Waals surface area (Å²) in [6.45, 7) is 0.424. The average molecular weight is 290 g/mol. The minimum atomic E-state index is -0.382. The van der Waals surface area contributed by atoms with Gasteiger partial charge in [-0.1, -0.05) is 0 Å². The van der Waals surface area contributed by atoms with E-state index in [0.29, 0.717) is 17.0 Å². The maximum absolute atomic E-state index is 13.2. The van der Waals surface area contributed by atoms with E-state index < -0.39 is 0 Å². The normalized spacial score (nSPS) is 10.0. The summed E-state index contributed by atoms with van der Waals surface area (Å²) < 4.78 is 18.3. The molecule has 110 valence electrons. The molecule has 7 heteroatoms. The number of carbonyl (C=O) groups is 1. The summed E-state index contributed by atoms with van der Waals surface area (Å²) in [5.41, 5.74) is 1.21. The van der Waals surface area contributed by atoms with Gasteiger partial charge in [-0.2, -0.15) is 10.2 Å². The highest BCUT2D eigenvalue weighted by Crippen LogP contribution is 2.18. The van der Waals surface area contributed by atoms with Crippen molar-refractivity contribution in [1.82, 2.24) is 20.8 Å². The lowest BCUT2D eigenvalue weighted by molar-refractivity contribution is 0.240. The Labute approximate surface area is 121 Å². The molecule has 1 aromatic carbocycles. The van der Waals surface area contributed by atoms with Crippen LogP contribution in [-0.2, 0) is 13.1 Å². The highest BCUT2D eigenvalue weighted by Gasteiger charge is 2.07. The van der Waals surface area contributed by atoms with Crippen LogP contribution in [0.5, 0.6) is 5.75 Å². The molecule has 0 unspecified atom stereocenters. The van der Waals surface area contributed by atoms with Crippen LogP contribution in [0.1, 0.15) is 11.3 Å². The molecular formula is C14H15FN4O2. The van der Waals surface area contributed by atoms with Gasteiger partial charge in [0.2, 0.25) is 0 Å². The third-order valence-electron chi connectivity index (χ3n) is 2.74. The lowest BCUT2D eigenvalue weighted by Gasteiger charge is -2.10. The van der Waals surface area contributed by atoms with Gasteiger partial charge >= 0.3 is 6.03 Å². The standard InChI is InChI=1S/C14H15FN4O2/c1-21-13-5-4-11(15)7-10(13)8-16-14(20)17-9-12-3-2-6-18-19-12/h2-7H,8-9H2,1H3,(H2,16,17,20). The number of nitrogens with zero attached hydrogens (tertiary/aromatic N) is 2. The van der Waals surface area contributed by atoms with Crippen LogP contribution < -0.4 is 15.4 Å². The molecule has 1 aromatic heterocycles. The van der Waals surface area contributed by atoms with Crippen LogP contribution in [0.2, 0.25) is 0 Å². The summed E-state index contributed by atoms with van der Waals surface area (Å²) in [6.07, 6.45) is 1.56. The van der Waals surface area contributed by atoms with Crippen molar-refractivity contribution in [2.75, 3.05) is 7.11 Å². The first kappa shape index (κ1) is 14.7. The molecule has 2 N–H and O–H groups in total. The fraction of sp³-hybridized carbons (Fsp3) is 0.214. The lowest BCUT2D eigenvalue weighted by Crippen LogP contribution is -2.34. The number of halogens is 1. The molecule has 6 nitrogen and oxygen atoms in total. The van der Waals surface area contributed by atoms with Gasteiger partial charge in [0.15, 0.2) is 0 Å². The third-order valence-corrected chi connectivity index (χ3v) is 2.74. The van der Waals surface area contributed by atoms with E-state index in [2.05, 4.69) is 20.8 Å². The first-order valence-corrected chi connectivity index (χ1v) is 6.29. The molecule has 0 aliphatic heterocycles. The SMILES string of the molecule is COc1ccc(F)cc1CNC(=O)NCc1cccnn1. The van der Waals surface area contributed by atoms with E-state index in [1.54, 1.807) is 18.3 Å². The molecule has 21 heavy (non-hydrogen) atoms. The summed E-state index contributed by atoms with van der Waals surface area (Å²) >= 11 is 0. The summed E-state index contributed by atoms with van der Waals surface area (Å²) in [6, 6.07) is 7.25. The number of rotatable bonds is 5. The van der Waals surface area contributed by atoms with E-state index in [1.165, 1.54) is 25.3 Å². The quantitative estimate of drug-likeness (QED) is 0.877. The van der Waals surface area contributed by atoms with Crippen molar-refractivity contribution in [2.24, 2.45) is 0 Å². The van der Waals surface area contributed by atoms with E-state index in [1.807, 2.05) is 0 Å². The van der Waals surface area contributed by atoms with Gasteiger partial charge in [-0.25, -0.2) is 9.18 Å². The van der Waals surface area contributed by atoms with Gasteiger partial charge in [0.05, 0.1) is 19.3 Å². The monoisotopic (exact) mass is 290 g/mol. The number of ether oxygens (including phenoxy) is 1. The molecule has 0 saturated carbocycles. The van der Waals surface area contributed by atoms with Gasteiger partial charge in [-0.05, 0) is 30.3 Å². The van der Waals surface area contributed by atoms with Crippen LogP contribution >= 0.6 is 0 Å². The molecule has 0 atom stereocenters. The third kappa shape index (κ3) is 4.41. The molecule has 2 rings (SSSR count). The van der Waals surface area contributed by atoms with Gasteiger partial charge in [0, 0.05) is 18.3 Å². The number of aromatic nitrogens is 2. The van der Waals surface area contributed by atoms with E-state index >= 15 is 0 Å². The first-order valence-electron chi connectivity index (χ1n) is 6.29. The van der Waals surface area contributed by atoms with Crippen LogP contribution in [0.3, 0.4) is 0 Å². The maximum Gasteiger partial charge on any atom is 0.315 e. The largest absolute Gasteiger partial charge is 0.496 e. The molecule has 2 aromatic rings. The fourth-order valence-electron chi connectivity index (χ4n) is 1.72. The molecule has 2 amide bonds. The van der Waals surface area contributed by atoms with E-state index in [0.717, 1.165) is 0 Å². The maximum atomic E-state index is 13.2. The second-order valence-corrected chi connectivity index (χ2v) is 4.21. The molecule has 0 saturated heterocycles.